The van der Waals surface area contributed by atoms with Crippen LogP contribution in [0.4, 0.5) is 11.9 Å². The van der Waals surface area contributed by atoms with Crippen LogP contribution in [0.1, 0.15) is 12.8 Å². The molecule has 1 aromatic rings. The van der Waals surface area contributed by atoms with Gasteiger partial charge in [0.1, 0.15) is 0 Å². The number of nitrogens with zero attached hydrogens (tertiary/aromatic N) is 5. The van der Waals surface area contributed by atoms with Crippen molar-refractivity contribution < 1.29 is 5.11 Å². The molecule has 0 unspecified atom stereocenters. The first-order chi connectivity index (χ1) is 8.20. The van der Waals surface area contributed by atoms with Gasteiger partial charge in [-0.2, -0.15) is 15.0 Å². The third-order valence-corrected chi connectivity index (χ3v) is 2.92. The Bertz CT molecular complexity index is 383. The first kappa shape index (κ1) is 12.3. The highest BCUT2D eigenvalue weighted by Crippen LogP contribution is 2.19. The van der Waals surface area contributed by atoms with E-state index in [9.17, 15) is 0 Å². The predicted octanol–water partition coefficient (Wildman–Crippen LogP) is 0.554. The summed E-state index contributed by atoms with van der Waals surface area (Å²) in [6, 6.07) is 0. The average molecular weight is 258 g/mol. The van der Waals surface area contributed by atoms with Crippen LogP contribution in [0, 0.1) is 0 Å². The second-order valence-electron chi connectivity index (χ2n) is 4.04. The molecule has 1 aromatic heterocycles. The van der Waals surface area contributed by atoms with E-state index in [4.69, 9.17) is 16.7 Å². The third-order valence-electron chi connectivity index (χ3n) is 2.75. The summed E-state index contributed by atoms with van der Waals surface area (Å²) in [6.45, 7) is 2.45. The van der Waals surface area contributed by atoms with Gasteiger partial charge < -0.3 is 14.9 Å². The molecule has 0 atom stereocenters. The Balaban J connectivity index is 2.22. The maximum absolute atomic E-state index is 8.89. The van der Waals surface area contributed by atoms with Gasteiger partial charge in [-0.25, -0.2) is 0 Å². The summed E-state index contributed by atoms with van der Waals surface area (Å²) in [5.41, 5.74) is 0. The molecule has 1 fully saturated rings. The fourth-order valence-corrected chi connectivity index (χ4v) is 1.96. The normalized spacial score (nSPS) is 15.4. The molecular formula is C10H16ClN5O. The Morgan fingerprint density at radius 3 is 2.65 bits per heavy atom. The van der Waals surface area contributed by atoms with Crippen LogP contribution < -0.4 is 9.80 Å². The molecule has 17 heavy (non-hydrogen) atoms. The minimum absolute atomic E-state index is 0.0544. The quantitative estimate of drug-likeness (QED) is 0.850. The molecule has 1 saturated heterocycles. The van der Waals surface area contributed by atoms with Gasteiger partial charge in [0, 0.05) is 26.7 Å². The van der Waals surface area contributed by atoms with E-state index in [0.717, 1.165) is 25.9 Å². The van der Waals surface area contributed by atoms with E-state index in [1.165, 1.54) is 0 Å². The fraction of sp³-hybridized carbons (Fsp3) is 0.700. The largest absolute Gasteiger partial charge is 0.395 e. The molecule has 7 heteroatoms. The number of likely N-dealkylation sites (N-methyl/N-ethyl adjacent to an activating group) is 1. The molecule has 2 rings (SSSR count). The van der Waals surface area contributed by atoms with Crippen molar-refractivity contribution in [2.75, 3.05) is 43.1 Å². The van der Waals surface area contributed by atoms with Crippen molar-refractivity contribution in [1.29, 1.82) is 0 Å². The van der Waals surface area contributed by atoms with Crippen molar-refractivity contribution in [3.63, 3.8) is 0 Å². The first-order valence-electron chi connectivity index (χ1n) is 5.69. The number of hydrogen-bond donors (Lipinski definition) is 1. The number of halogens is 1. The van der Waals surface area contributed by atoms with E-state index >= 15 is 0 Å². The van der Waals surface area contributed by atoms with Crippen LogP contribution in [0.15, 0.2) is 0 Å². The highest BCUT2D eigenvalue weighted by Gasteiger charge is 2.17. The zero-order chi connectivity index (χ0) is 12.3. The second-order valence-corrected chi connectivity index (χ2v) is 4.38. The van der Waals surface area contributed by atoms with Gasteiger partial charge in [-0.1, -0.05) is 0 Å². The van der Waals surface area contributed by atoms with Gasteiger partial charge in [0.25, 0.3) is 0 Å². The Kier molecular flexibility index (Phi) is 3.96. The molecular weight excluding hydrogens is 242 g/mol. The molecule has 2 heterocycles. The Hall–Kier alpha value is -1.14. The summed E-state index contributed by atoms with van der Waals surface area (Å²) < 4.78 is 0. The van der Waals surface area contributed by atoms with Gasteiger partial charge in [0.15, 0.2) is 0 Å². The molecule has 0 aliphatic carbocycles. The molecule has 0 amide bonds. The van der Waals surface area contributed by atoms with Crippen molar-refractivity contribution >= 4 is 23.5 Å². The predicted molar refractivity (Wildman–Crippen MR) is 66.6 cm³/mol. The number of aliphatic hydroxyl groups is 1. The molecule has 1 aliphatic rings. The molecule has 1 N–H and O–H groups in total. The van der Waals surface area contributed by atoms with Crippen molar-refractivity contribution in [3.8, 4) is 0 Å². The molecule has 0 spiro atoms. The summed E-state index contributed by atoms with van der Waals surface area (Å²) in [7, 11) is 1.82. The Morgan fingerprint density at radius 2 is 2.00 bits per heavy atom. The molecule has 0 aromatic carbocycles. The van der Waals surface area contributed by atoms with Crippen molar-refractivity contribution in [1.82, 2.24) is 15.0 Å². The van der Waals surface area contributed by atoms with Crippen LogP contribution in [0.2, 0.25) is 5.28 Å². The second kappa shape index (κ2) is 5.46. The highest BCUT2D eigenvalue weighted by molar-refractivity contribution is 6.28. The molecule has 6 nitrogen and oxygen atoms in total. The lowest BCUT2D eigenvalue weighted by molar-refractivity contribution is 0.303. The summed E-state index contributed by atoms with van der Waals surface area (Å²) in [6.07, 6.45) is 2.32. The number of aliphatic hydroxyl groups excluding tert-OH is 1. The summed E-state index contributed by atoms with van der Waals surface area (Å²) in [5, 5.41) is 9.09. The van der Waals surface area contributed by atoms with Crippen molar-refractivity contribution in [3.05, 3.63) is 5.28 Å². The lowest BCUT2D eigenvalue weighted by atomic mass is 10.4. The molecule has 0 saturated carbocycles. The zero-order valence-corrected chi connectivity index (χ0v) is 10.6. The number of anilines is 2. The van der Waals surface area contributed by atoms with Crippen LogP contribution in [0.3, 0.4) is 0 Å². The first-order valence-corrected chi connectivity index (χ1v) is 6.07. The van der Waals surface area contributed by atoms with Gasteiger partial charge in [0.05, 0.1) is 6.61 Å². The molecule has 94 valence electrons. The maximum atomic E-state index is 8.89. The Labute approximate surface area is 105 Å². The minimum atomic E-state index is 0.0544. The smallest absolute Gasteiger partial charge is 0.231 e. The lowest BCUT2D eigenvalue weighted by Crippen LogP contribution is -2.26. The van der Waals surface area contributed by atoms with Gasteiger partial charge in [-0.05, 0) is 24.4 Å². The standard InChI is InChI=1S/C10H16ClN5O/c1-15(6-7-17)9-12-8(11)13-10(14-9)16-4-2-3-5-16/h17H,2-7H2,1H3. The van der Waals surface area contributed by atoms with E-state index in [0.29, 0.717) is 18.4 Å². The van der Waals surface area contributed by atoms with E-state index in [2.05, 4.69) is 19.9 Å². The van der Waals surface area contributed by atoms with Crippen LogP contribution in [-0.2, 0) is 0 Å². The lowest BCUT2D eigenvalue weighted by Gasteiger charge is -2.19. The zero-order valence-electron chi connectivity index (χ0n) is 9.80. The van der Waals surface area contributed by atoms with Crippen LogP contribution in [0.25, 0.3) is 0 Å². The van der Waals surface area contributed by atoms with Gasteiger partial charge in [0.2, 0.25) is 17.2 Å². The average Bonchev–Trinajstić information content (AvgIpc) is 2.82. The van der Waals surface area contributed by atoms with E-state index in [1.54, 1.807) is 4.90 Å². The number of aromatic nitrogens is 3. The van der Waals surface area contributed by atoms with E-state index < -0.39 is 0 Å². The van der Waals surface area contributed by atoms with Gasteiger partial charge in [-0.3, -0.25) is 0 Å². The SMILES string of the molecule is CN(CCO)c1nc(Cl)nc(N2CCCC2)n1. The summed E-state index contributed by atoms with van der Waals surface area (Å²) in [4.78, 5) is 16.4. The fourth-order valence-electron chi connectivity index (χ4n) is 1.81. The van der Waals surface area contributed by atoms with Crippen molar-refractivity contribution in [2.45, 2.75) is 12.8 Å². The third kappa shape index (κ3) is 2.95. The molecule has 0 radical (unpaired) electrons. The highest BCUT2D eigenvalue weighted by atomic mass is 35.5. The molecule has 0 bridgehead atoms. The topological polar surface area (TPSA) is 65.4 Å². The summed E-state index contributed by atoms with van der Waals surface area (Å²) in [5.74, 6) is 1.13. The van der Waals surface area contributed by atoms with Gasteiger partial charge in [-0.15, -0.1) is 0 Å². The monoisotopic (exact) mass is 257 g/mol. The van der Waals surface area contributed by atoms with Crippen LogP contribution in [-0.4, -0.2) is 53.3 Å². The van der Waals surface area contributed by atoms with E-state index in [-0.39, 0.29) is 11.9 Å². The van der Waals surface area contributed by atoms with Gasteiger partial charge >= 0.3 is 0 Å². The van der Waals surface area contributed by atoms with Crippen LogP contribution >= 0.6 is 11.6 Å². The number of rotatable bonds is 4. The summed E-state index contributed by atoms with van der Waals surface area (Å²) >= 11 is 5.89. The van der Waals surface area contributed by atoms with E-state index in [1.807, 2.05) is 7.05 Å². The molecule has 1 aliphatic heterocycles. The van der Waals surface area contributed by atoms with Crippen molar-refractivity contribution in [2.24, 2.45) is 0 Å². The van der Waals surface area contributed by atoms with Crippen LogP contribution in [0.5, 0.6) is 0 Å². The number of hydrogen-bond acceptors (Lipinski definition) is 6. The Morgan fingerprint density at radius 1 is 1.29 bits per heavy atom. The minimum Gasteiger partial charge on any atom is -0.395 e. The maximum Gasteiger partial charge on any atom is 0.231 e.